The molecule has 0 fully saturated rings. The molecule has 0 aliphatic heterocycles. The van der Waals surface area contributed by atoms with Crippen LogP contribution in [0.15, 0.2) is 108 Å². The van der Waals surface area contributed by atoms with Crippen molar-refractivity contribution < 1.29 is 22.4 Å². The van der Waals surface area contributed by atoms with Crippen LogP contribution in [0.2, 0.25) is 5.02 Å². The van der Waals surface area contributed by atoms with Crippen molar-refractivity contribution >= 4 is 39.1 Å². The Hall–Kier alpha value is -4.21. The van der Waals surface area contributed by atoms with Gasteiger partial charge in [0.1, 0.15) is 18.4 Å². The second-order valence-electron chi connectivity index (χ2n) is 11.8. The Morgan fingerprint density at radius 2 is 1.44 bits per heavy atom. The zero-order chi connectivity index (χ0) is 32.8. The largest absolute Gasteiger partial charge is 0.350 e. The second kappa shape index (κ2) is 14.3. The lowest BCUT2D eigenvalue weighted by Crippen LogP contribution is -2.56. The number of hydrogen-bond donors (Lipinski definition) is 1. The lowest BCUT2D eigenvalue weighted by Gasteiger charge is -2.35. The number of nitrogens with one attached hydrogen (secondary N) is 1. The molecular formula is C35H37ClFN3O4S. The fourth-order valence-electron chi connectivity index (χ4n) is 4.88. The first kappa shape index (κ1) is 33.7. The van der Waals surface area contributed by atoms with E-state index in [4.69, 9.17) is 11.6 Å². The summed E-state index contributed by atoms with van der Waals surface area (Å²) in [6.07, 6.45) is 0.171. The summed E-state index contributed by atoms with van der Waals surface area (Å²) in [7, 11) is -4.26. The van der Waals surface area contributed by atoms with Crippen molar-refractivity contribution in [3.63, 3.8) is 0 Å². The molecule has 0 saturated heterocycles. The fourth-order valence-corrected chi connectivity index (χ4v) is 6.49. The van der Waals surface area contributed by atoms with Crippen LogP contribution in [-0.4, -0.2) is 43.3 Å². The molecule has 0 unspecified atom stereocenters. The zero-order valence-electron chi connectivity index (χ0n) is 25.7. The smallest absolute Gasteiger partial charge is 0.264 e. The molecule has 0 aliphatic rings. The average molecular weight is 650 g/mol. The van der Waals surface area contributed by atoms with Crippen LogP contribution in [0.25, 0.3) is 0 Å². The van der Waals surface area contributed by atoms with E-state index in [0.29, 0.717) is 21.8 Å². The predicted octanol–water partition coefficient (Wildman–Crippen LogP) is 6.54. The molecule has 0 aliphatic carbocycles. The number of hydrogen-bond acceptors (Lipinski definition) is 4. The molecule has 1 N–H and O–H groups in total. The number of rotatable bonds is 11. The Balaban J connectivity index is 1.82. The Labute approximate surface area is 269 Å². The number of halogens is 2. The Morgan fingerprint density at radius 1 is 0.844 bits per heavy atom. The van der Waals surface area contributed by atoms with Gasteiger partial charge in [-0.3, -0.25) is 13.9 Å². The van der Waals surface area contributed by atoms with E-state index in [9.17, 15) is 22.4 Å². The highest BCUT2D eigenvalue weighted by molar-refractivity contribution is 7.92. The van der Waals surface area contributed by atoms with E-state index in [1.165, 1.54) is 41.3 Å². The normalized spacial score (nSPS) is 12.3. The number of carbonyl (C=O) groups is 2. The number of amides is 2. The summed E-state index contributed by atoms with van der Waals surface area (Å²) >= 11 is 6.04. The summed E-state index contributed by atoms with van der Waals surface area (Å²) in [5.41, 5.74) is 1.74. The van der Waals surface area contributed by atoms with E-state index in [0.717, 1.165) is 9.87 Å². The summed E-state index contributed by atoms with van der Waals surface area (Å²) < 4.78 is 43.1. The highest BCUT2D eigenvalue weighted by Crippen LogP contribution is 2.28. The lowest BCUT2D eigenvalue weighted by molar-refractivity contribution is -0.140. The van der Waals surface area contributed by atoms with Crippen molar-refractivity contribution in [2.45, 2.75) is 57.1 Å². The number of aryl methyl sites for hydroxylation is 1. The van der Waals surface area contributed by atoms with Crippen LogP contribution in [-0.2, 0) is 32.6 Å². The summed E-state index contributed by atoms with van der Waals surface area (Å²) in [6.45, 7) is 6.64. The molecule has 0 bridgehead atoms. The third-order valence-electron chi connectivity index (χ3n) is 7.10. The fraction of sp³-hybridized carbons (Fsp3) is 0.257. The van der Waals surface area contributed by atoms with Gasteiger partial charge in [-0.1, -0.05) is 72.3 Å². The molecule has 1 atom stereocenters. The van der Waals surface area contributed by atoms with Crippen LogP contribution in [0.4, 0.5) is 10.1 Å². The quantitative estimate of drug-likeness (QED) is 0.200. The molecule has 4 rings (SSSR count). The third kappa shape index (κ3) is 8.93. The second-order valence-corrected chi connectivity index (χ2v) is 14.1. The van der Waals surface area contributed by atoms with Gasteiger partial charge >= 0.3 is 0 Å². The minimum absolute atomic E-state index is 0.0423. The van der Waals surface area contributed by atoms with Gasteiger partial charge in [0.2, 0.25) is 11.8 Å². The lowest BCUT2D eigenvalue weighted by atomic mass is 10.0. The number of para-hydroxylation sites is 1. The maximum atomic E-state index is 14.5. The molecule has 45 heavy (non-hydrogen) atoms. The van der Waals surface area contributed by atoms with Gasteiger partial charge < -0.3 is 10.2 Å². The predicted molar refractivity (Wildman–Crippen MR) is 176 cm³/mol. The first-order chi connectivity index (χ1) is 21.2. The van der Waals surface area contributed by atoms with Crippen molar-refractivity contribution in [3.8, 4) is 0 Å². The van der Waals surface area contributed by atoms with Gasteiger partial charge in [-0.15, -0.1) is 0 Å². The number of benzene rings is 4. The van der Waals surface area contributed by atoms with Crippen LogP contribution in [0.3, 0.4) is 0 Å². The summed E-state index contributed by atoms with van der Waals surface area (Å²) in [5, 5.41) is 3.36. The minimum Gasteiger partial charge on any atom is -0.350 e. The molecule has 2 amide bonds. The molecular weight excluding hydrogens is 613 g/mol. The third-order valence-corrected chi connectivity index (χ3v) is 9.13. The van der Waals surface area contributed by atoms with Gasteiger partial charge in [-0.25, -0.2) is 12.8 Å². The van der Waals surface area contributed by atoms with Crippen LogP contribution in [0.1, 0.15) is 37.5 Å². The van der Waals surface area contributed by atoms with Gasteiger partial charge in [0, 0.05) is 23.5 Å². The van der Waals surface area contributed by atoms with Crippen molar-refractivity contribution in [2.24, 2.45) is 0 Å². The number of anilines is 1. The molecule has 0 aromatic heterocycles. The summed E-state index contributed by atoms with van der Waals surface area (Å²) in [5.74, 6) is -1.45. The van der Waals surface area contributed by atoms with E-state index in [2.05, 4.69) is 5.32 Å². The first-order valence-electron chi connectivity index (χ1n) is 14.5. The number of nitrogens with zero attached hydrogens (tertiary/aromatic N) is 2. The molecule has 0 saturated carbocycles. The van der Waals surface area contributed by atoms with Gasteiger partial charge in [0.15, 0.2) is 0 Å². The summed E-state index contributed by atoms with van der Waals surface area (Å²) in [4.78, 5) is 29.7. The molecule has 0 heterocycles. The van der Waals surface area contributed by atoms with Crippen LogP contribution >= 0.6 is 11.6 Å². The molecule has 0 spiro atoms. The number of sulfonamides is 1. The van der Waals surface area contributed by atoms with E-state index in [1.807, 2.05) is 51.1 Å². The molecule has 0 radical (unpaired) electrons. The van der Waals surface area contributed by atoms with E-state index in [-0.39, 0.29) is 17.9 Å². The number of carbonyl (C=O) groups excluding carboxylic acids is 2. The molecule has 7 nitrogen and oxygen atoms in total. The van der Waals surface area contributed by atoms with Crippen molar-refractivity contribution in [1.82, 2.24) is 10.2 Å². The SMILES string of the molecule is Cc1ccccc1N(CC(=O)N(Cc1ccc(F)cc1)[C@H](Cc1ccccc1)C(=O)NC(C)(C)C)S(=O)(=O)c1ccc(Cl)cc1. The molecule has 236 valence electrons. The Morgan fingerprint density at radius 3 is 2.04 bits per heavy atom. The molecule has 10 heteroatoms. The highest BCUT2D eigenvalue weighted by Gasteiger charge is 2.36. The topological polar surface area (TPSA) is 86.8 Å². The Bertz CT molecular complexity index is 1730. The zero-order valence-corrected chi connectivity index (χ0v) is 27.3. The highest BCUT2D eigenvalue weighted by atomic mass is 35.5. The van der Waals surface area contributed by atoms with Gasteiger partial charge in [-0.2, -0.15) is 0 Å². The van der Waals surface area contributed by atoms with Crippen LogP contribution < -0.4 is 9.62 Å². The van der Waals surface area contributed by atoms with E-state index < -0.39 is 45.8 Å². The van der Waals surface area contributed by atoms with Crippen LogP contribution in [0.5, 0.6) is 0 Å². The Kier molecular flexibility index (Phi) is 10.7. The maximum absolute atomic E-state index is 14.5. The van der Waals surface area contributed by atoms with E-state index in [1.54, 1.807) is 43.3 Å². The van der Waals surface area contributed by atoms with Crippen molar-refractivity contribution in [3.05, 3.63) is 131 Å². The maximum Gasteiger partial charge on any atom is 0.264 e. The van der Waals surface area contributed by atoms with Crippen LogP contribution in [0, 0.1) is 12.7 Å². The average Bonchev–Trinajstić information content (AvgIpc) is 2.99. The van der Waals surface area contributed by atoms with Crippen molar-refractivity contribution in [1.29, 1.82) is 0 Å². The van der Waals surface area contributed by atoms with Gasteiger partial charge in [-0.05, 0) is 86.8 Å². The van der Waals surface area contributed by atoms with Crippen molar-refractivity contribution in [2.75, 3.05) is 10.8 Å². The van der Waals surface area contributed by atoms with Gasteiger partial charge in [0.05, 0.1) is 10.6 Å². The summed E-state index contributed by atoms with van der Waals surface area (Å²) in [6, 6.07) is 26.5. The molecule has 4 aromatic carbocycles. The van der Waals surface area contributed by atoms with Gasteiger partial charge in [0.25, 0.3) is 10.0 Å². The first-order valence-corrected chi connectivity index (χ1v) is 16.3. The van der Waals surface area contributed by atoms with E-state index >= 15 is 0 Å². The molecule has 4 aromatic rings. The standard InChI is InChI=1S/C35H37ClFN3O4S/c1-25-10-8-9-13-31(25)40(45(43,44)30-20-16-28(36)17-21-30)24-33(41)39(23-27-14-18-29(37)19-15-27)32(34(42)38-35(2,3)4)22-26-11-6-5-7-12-26/h5-21,32H,22-24H2,1-4H3,(H,38,42)/t32-/m1/s1. The minimum atomic E-state index is -4.26. The monoisotopic (exact) mass is 649 g/mol.